The summed E-state index contributed by atoms with van der Waals surface area (Å²) >= 11 is 0. The van der Waals surface area contributed by atoms with Gasteiger partial charge in [0.1, 0.15) is 9.84 Å². The van der Waals surface area contributed by atoms with Crippen LogP contribution in [0, 0.1) is 10.8 Å². The molecule has 5 heteroatoms. The van der Waals surface area contributed by atoms with Gasteiger partial charge in [0.25, 0.3) is 0 Å². The first kappa shape index (κ1) is 22.5. The summed E-state index contributed by atoms with van der Waals surface area (Å²) in [4.78, 5) is 12.8. The van der Waals surface area contributed by atoms with Crippen LogP contribution in [0.1, 0.15) is 85.0 Å². The first-order chi connectivity index (χ1) is 11.4. The Morgan fingerprint density at radius 3 is 1.84 bits per heavy atom. The highest BCUT2D eigenvalue weighted by Gasteiger charge is 2.31. The molecule has 25 heavy (non-hydrogen) atoms. The van der Waals surface area contributed by atoms with Gasteiger partial charge in [-0.25, -0.2) is 8.42 Å². The van der Waals surface area contributed by atoms with Crippen LogP contribution in [0.15, 0.2) is 0 Å². The molecule has 0 heterocycles. The second-order valence-electron chi connectivity index (χ2n) is 9.11. The zero-order chi connectivity index (χ0) is 19.1. The fraction of sp³-hybridized carbons (Fsp3) is 0.950. The molecule has 0 N–H and O–H groups in total. The van der Waals surface area contributed by atoms with Crippen molar-refractivity contribution in [2.45, 2.75) is 85.0 Å². The number of carbonyl (C=O) groups is 1. The number of rotatable bonds is 7. The molecular weight excluding hydrogens is 334 g/mol. The molecule has 148 valence electrons. The Labute approximate surface area is 155 Å². The highest BCUT2D eigenvalue weighted by molar-refractivity contribution is 7.90. The number of amides is 1. The van der Waals surface area contributed by atoms with E-state index in [1.807, 2.05) is 11.9 Å². The van der Waals surface area contributed by atoms with Gasteiger partial charge in [-0.15, -0.1) is 0 Å². The molecule has 0 unspecified atom stereocenters. The number of hydrogen-bond donors (Lipinski definition) is 0. The monoisotopic (exact) mass is 373 g/mol. The minimum absolute atomic E-state index is 0.182. The number of sulfone groups is 1. The lowest BCUT2D eigenvalue weighted by atomic mass is 9.68. The number of hydrogen-bond acceptors (Lipinski definition) is 3. The fourth-order valence-electron chi connectivity index (χ4n) is 3.87. The van der Waals surface area contributed by atoms with Crippen LogP contribution in [0.3, 0.4) is 0 Å². The molecule has 0 spiro atoms. The molecule has 0 saturated heterocycles. The van der Waals surface area contributed by atoms with Crippen molar-refractivity contribution < 1.29 is 13.2 Å². The summed E-state index contributed by atoms with van der Waals surface area (Å²) in [6, 6.07) is 0. The van der Waals surface area contributed by atoms with E-state index < -0.39 is 9.84 Å². The van der Waals surface area contributed by atoms with E-state index in [1.54, 1.807) is 6.92 Å². The first-order valence-corrected chi connectivity index (χ1v) is 11.9. The second kappa shape index (κ2) is 9.38. The quantitative estimate of drug-likeness (QED) is 0.663. The Balaban J connectivity index is 0.000000251. The predicted molar refractivity (Wildman–Crippen MR) is 105 cm³/mol. The third-order valence-corrected chi connectivity index (χ3v) is 7.29. The van der Waals surface area contributed by atoms with Crippen LogP contribution >= 0.6 is 0 Å². The molecule has 0 bridgehead atoms. The summed E-state index contributed by atoms with van der Waals surface area (Å²) < 4.78 is 21.6. The Morgan fingerprint density at radius 1 is 0.960 bits per heavy atom. The van der Waals surface area contributed by atoms with Gasteiger partial charge in [-0.3, -0.25) is 4.79 Å². The SMILES string of the molecule is CC(=O)N(C)CCC1(C)CCCC1.CC1(CCCS(C)(=O)=O)CCC1. The van der Waals surface area contributed by atoms with E-state index >= 15 is 0 Å². The number of carbonyl (C=O) groups excluding carboxylic acids is 1. The molecule has 2 aliphatic carbocycles. The van der Waals surface area contributed by atoms with Gasteiger partial charge >= 0.3 is 0 Å². The zero-order valence-corrected chi connectivity index (χ0v) is 17.9. The van der Waals surface area contributed by atoms with Gasteiger partial charge in [0.2, 0.25) is 5.91 Å². The summed E-state index contributed by atoms with van der Waals surface area (Å²) in [7, 11) is -0.841. The van der Waals surface area contributed by atoms with Crippen molar-refractivity contribution in [3.8, 4) is 0 Å². The molecular formula is C20H39NO3S. The van der Waals surface area contributed by atoms with Crippen molar-refractivity contribution in [1.29, 1.82) is 0 Å². The van der Waals surface area contributed by atoms with Gasteiger partial charge < -0.3 is 4.90 Å². The van der Waals surface area contributed by atoms with Crippen LogP contribution in [0.2, 0.25) is 0 Å². The van der Waals surface area contributed by atoms with Crippen molar-refractivity contribution in [2.24, 2.45) is 10.8 Å². The smallest absolute Gasteiger partial charge is 0.219 e. The minimum Gasteiger partial charge on any atom is -0.346 e. The second-order valence-corrected chi connectivity index (χ2v) is 11.4. The molecule has 0 radical (unpaired) electrons. The molecule has 0 aromatic rings. The summed E-state index contributed by atoms with van der Waals surface area (Å²) in [5, 5.41) is 0. The summed E-state index contributed by atoms with van der Waals surface area (Å²) in [6.07, 6.45) is 13.8. The zero-order valence-electron chi connectivity index (χ0n) is 17.1. The third kappa shape index (κ3) is 9.07. The lowest BCUT2D eigenvalue weighted by Crippen LogP contribution is -2.28. The molecule has 2 aliphatic rings. The van der Waals surface area contributed by atoms with E-state index in [4.69, 9.17) is 0 Å². The maximum atomic E-state index is 11.0. The predicted octanol–water partition coefficient (Wildman–Crippen LogP) is 4.44. The van der Waals surface area contributed by atoms with E-state index in [0.29, 0.717) is 16.6 Å². The van der Waals surface area contributed by atoms with E-state index in [0.717, 1.165) is 19.4 Å². The molecule has 2 saturated carbocycles. The molecule has 0 atom stereocenters. The Kier molecular flexibility index (Phi) is 8.43. The van der Waals surface area contributed by atoms with Gasteiger partial charge in [-0.05, 0) is 55.8 Å². The van der Waals surface area contributed by atoms with E-state index in [2.05, 4.69) is 13.8 Å². The van der Waals surface area contributed by atoms with Crippen molar-refractivity contribution in [1.82, 2.24) is 4.90 Å². The van der Waals surface area contributed by atoms with Gasteiger partial charge in [-0.1, -0.05) is 33.1 Å². The van der Waals surface area contributed by atoms with Crippen LogP contribution in [0.5, 0.6) is 0 Å². The molecule has 0 aromatic heterocycles. The van der Waals surface area contributed by atoms with Crippen LogP contribution in [0.25, 0.3) is 0 Å². The van der Waals surface area contributed by atoms with E-state index in [1.165, 1.54) is 57.6 Å². The van der Waals surface area contributed by atoms with Gasteiger partial charge in [0.15, 0.2) is 0 Å². The van der Waals surface area contributed by atoms with Crippen molar-refractivity contribution in [3.05, 3.63) is 0 Å². The largest absolute Gasteiger partial charge is 0.346 e. The Hall–Kier alpha value is -0.580. The first-order valence-electron chi connectivity index (χ1n) is 9.84. The van der Waals surface area contributed by atoms with Crippen molar-refractivity contribution in [2.75, 3.05) is 25.6 Å². The number of nitrogens with zero attached hydrogens (tertiary/aromatic N) is 1. The van der Waals surface area contributed by atoms with Gasteiger partial charge in [0, 0.05) is 32.5 Å². The van der Waals surface area contributed by atoms with Crippen LogP contribution in [-0.4, -0.2) is 44.8 Å². The molecule has 1 amide bonds. The lowest BCUT2D eigenvalue weighted by Gasteiger charge is -2.38. The highest BCUT2D eigenvalue weighted by Crippen LogP contribution is 2.44. The van der Waals surface area contributed by atoms with Gasteiger partial charge in [-0.2, -0.15) is 0 Å². The maximum absolute atomic E-state index is 11.0. The van der Waals surface area contributed by atoms with Crippen molar-refractivity contribution in [3.63, 3.8) is 0 Å². The minimum atomic E-state index is -2.73. The van der Waals surface area contributed by atoms with Gasteiger partial charge in [0.05, 0.1) is 0 Å². The molecule has 2 fully saturated rings. The summed E-state index contributed by atoms with van der Waals surface area (Å²) in [5.41, 5.74) is 0.994. The normalized spacial score (nSPS) is 21.0. The molecule has 4 nitrogen and oxygen atoms in total. The lowest BCUT2D eigenvalue weighted by molar-refractivity contribution is -0.127. The average molecular weight is 374 g/mol. The fourth-order valence-corrected chi connectivity index (χ4v) is 4.53. The molecule has 2 rings (SSSR count). The van der Waals surface area contributed by atoms with E-state index in [9.17, 15) is 13.2 Å². The van der Waals surface area contributed by atoms with Crippen LogP contribution in [-0.2, 0) is 14.6 Å². The Bertz CT molecular complexity index is 517. The summed E-state index contributed by atoms with van der Waals surface area (Å²) in [5.74, 6) is 0.546. The third-order valence-electron chi connectivity index (χ3n) is 6.26. The van der Waals surface area contributed by atoms with E-state index in [-0.39, 0.29) is 5.91 Å². The molecule has 0 aromatic carbocycles. The topological polar surface area (TPSA) is 54.5 Å². The maximum Gasteiger partial charge on any atom is 0.219 e. The van der Waals surface area contributed by atoms with Crippen LogP contribution in [0.4, 0.5) is 0 Å². The van der Waals surface area contributed by atoms with Crippen LogP contribution < -0.4 is 0 Å². The average Bonchev–Trinajstić information content (AvgIpc) is 2.89. The molecule has 0 aliphatic heterocycles. The Morgan fingerprint density at radius 2 is 1.44 bits per heavy atom. The standard InChI is InChI=1S/C11H21NO.C9H18O2S/c1-10(13)12(3)9-8-11(2)6-4-5-7-11;1-9(5-3-6-9)7-4-8-12(2,10)11/h4-9H2,1-3H3;3-8H2,1-2H3. The van der Waals surface area contributed by atoms with Crippen molar-refractivity contribution >= 4 is 15.7 Å². The summed E-state index contributed by atoms with van der Waals surface area (Å²) in [6.45, 7) is 7.18. The highest BCUT2D eigenvalue weighted by atomic mass is 32.2.